The van der Waals surface area contributed by atoms with Crippen molar-refractivity contribution < 1.29 is 9.50 Å². The molecule has 0 amide bonds. The number of fused-ring (bicyclic) bond motifs is 2. The summed E-state index contributed by atoms with van der Waals surface area (Å²) in [6.07, 6.45) is 4.96. The number of pyridine rings is 1. The van der Waals surface area contributed by atoms with Gasteiger partial charge in [0, 0.05) is 12.4 Å². The van der Waals surface area contributed by atoms with Gasteiger partial charge in [-0.05, 0) is 37.8 Å². The van der Waals surface area contributed by atoms with Gasteiger partial charge in [0.1, 0.15) is 17.2 Å². The Bertz CT molecular complexity index is 920. The van der Waals surface area contributed by atoms with Crippen molar-refractivity contribution in [1.82, 2.24) is 19.5 Å². The summed E-state index contributed by atoms with van der Waals surface area (Å²) in [5.74, 6) is 0.751. The Balaban J connectivity index is 1.93. The lowest BCUT2D eigenvalue weighted by molar-refractivity contribution is 0.0306. The maximum atomic E-state index is 14.1. The van der Waals surface area contributed by atoms with Crippen LogP contribution in [0, 0.1) is 12.7 Å². The summed E-state index contributed by atoms with van der Waals surface area (Å²) in [5.41, 5.74) is 1.35. The molecule has 0 spiro atoms. The Kier molecular flexibility index (Phi) is 2.99. The molecule has 0 radical (unpaired) electrons. The van der Waals surface area contributed by atoms with Crippen LogP contribution in [0.4, 0.5) is 4.39 Å². The molecule has 5 nitrogen and oxygen atoms in total. The number of aliphatic hydroxyl groups is 1. The van der Waals surface area contributed by atoms with E-state index in [9.17, 15) is 9.50 Å². The first-order valence-electron chi connectivity index (χ1n) is 7.75. The molecule has 0 bridgehead atoms. The quantitative estimate of drug-likeness (QED) is 0.790. The molecule has 1 N–H and O–H groups in total. The molecule has 1 aliphatic carbocycles. The number of aryl methyl sites for hydroxylation is 2. The first-order chi connectivity index (χ1) is 11.0. The molecular formula is C17H17FN4O. The molecule has 0 aliphatic heterocycles. The van der Waals surface area contributed by atoms with E-state index in [0.717, 1.165) is 12.0 Å². The molecule has 1 atom stereocenters. The lowest BCUT2D eigenvalue weighted by Crippen LogP contribution is -2.22. The van der Waals surface area contributed by atoms with Gasteiger partial charge in [0.25, 0.3) is 0 Å². The molecule has 1 aliphatic rings. The van der Waals surface area contributed by atoms with Crippen LogP contribution in [-0.2, 0) is 12.0 Å². The van der Waals surface area contributed by atoms with Gasteiger partial charge in [0.2, 0.25) is 0 Å². The zero-order valence-corrected chi connectivity index (χ0v) is 13.0. The van der Waals surface area contributed by atoms with Crippen molar-refractivity contribution in [1.29, 1.82) is 0 Å². The summed E-state index contributed by atoms with van der Waals surface area (Å²) in [6.45, 7) is 3.71. The minimum absolute atomic E-state index is 0.364. The predicted octanol–water partition coefficient (Wildman–Crippen LogP) is 2.81. The van der Waals surface area contributed by atoms with E-state index < -0.39 is 5.60 Å². The lowest BCUT2D eigenvalue weighted by atomic mass is 9.98. The maximum absolute atomic E-state index is 14.1. The number of hydrogen-bond donors (Lipinski definition) is 1. The smallest absolute Gasteiger partial charge is 0.152 e. The van der Waals surface area contributed by atoms with E-state index in [4.69, 9.17) is 0 Å². The van der Waals surface area contributed by atoms with Gasteiger partial charge in [-0.2, -0.15) is 0 Å². The van der Waals surface area contributed by atoms with Crippen LogP contribution in [0.15, 0.2) is 24.5 Å². The van der Waals surface area contributed by atoms with Gasteiger partial charge in [0.15, 0.2) is 11.5 Å². The summed E-state index contributed by atoms with van der Waals surface area (Å²) in [7, 11) is 0. The van der Waals surface area contributed by atoms with E-state index >= 15 is 0 Å². The van der Waals surface area contributed by atoms with Gasteiger partial charge >= 0.3 is 0 Å². The number of hydrogen-bond acceptors (Lipinski definition) is 4. The van der Waals surface area contributed by atoms with Gasteiger partial charge in [-0.15, -0.1) is 0 Å². The van der Waals surface area contributed by atoms with Crippen molar-refractivity contribution in [3.05, 3.63) is 47.4 Å². The minimum atomic E-state index is -0.891. The SMILES string of the molecule is CC[C@@]1(O)CCc2ccc(-n3cc(F)c4cnc(C)nc43)nc21. The van der Waals surface area contributed by atoms with Crippen molar-refractivity contribution in [2.45, 2.75) is 38.7 Å². The third-order valence-electron chi connectivity index (χ3n) is 4.66. The summed E-state index contributed by atoms with van der Waals surface area (Å²) >= 11 is 0. The fourth-order valence-corrected chi connectivity index (χ4v) is 3.25. The number of rotatable bonds is 2. The van der Waals surface area contributed by atoms with E-state index in [1.807, 2.05) is 19.1 Å². The third kappa shape index (κ3) is 2.05. The van der Waals surface area contributed by atoms with Crippen LogP contribution in [0.2, 0.25) is 0 Å². The van der Waals surface area contributed by atoms with Gasteiger partial charge in [0.05, 0.1) is 11.1 Å². The van der Waals surface area contributed by atoms with Crippen LogP contribution in [-0.4, -0.2) is 24.6 Å². The summed E-state index contributed by atoms with van der Waals surface area (Å²) in [6, 6.07) is 3.81. The van der Waals surface area contributed by atoms with Crippen LogP contribution >= 0.6 is 0 Å². The van der Waals surface area contributed by atoms with Gasteiger partial charge in [-0.25, -0.2) is 19.3 Å². The van der Waals surface area contributed by atoms with Gasteiger partial charge < -0.3 is 5.11 Å². The largest absolute Gasteiger partial charge is 0.384 e. The van der Waals surface area contributed by atoms with E-state index in [-0.39, 0.29) is 5.82 Å². The molecule has 0 fully saturated rings. The van der Waals surface area contributed by atoms with Crippen LogP contribution in [0.5, 0.6) is 0 Å². The molecule has 118 valence electrons. The fourth-order valence-electron chi connectivity index (χ4n) is 3.25. The summed E-state index contributed by atoms with van der Waals surface area (Å²) < 4.78 is 15.8. The molecule has 3 aromatic heterocycles. The van der Waals surface area contributed by atoms with Crippen LogP contribution in [0.1, 0.15) is 36.8 Å². The molecule has 0 saturated heterocycles. The summed E-state index contributed by atoms with van der Waals surface area (Å²) in [5, 5.41) is 11.1. The standard InChI is InChI=1S/C17H17FN4O/c1-3-17(23)7-6-11-4-5-14(21-15(11)17)22-9-13(18)12-8-19-10(2)20-16(12)22/h4-5,8-9,23H,3,6-7H2,1-2H3/t17-/m1/s1. The number of nitrogens with zero attached hydrogens (tertiary/aromatic N) is 4. The van der Waals surface area contributed by atoms with Crippen LogP contribution in [0.3, 0.4) is 0 Å². The number of aromatic nitrogens is 4. The van der Waals surface area contributed by atoms with Gasteiger partial charge in [-0.1, -0.05) is 13.0 Å². The van der Waals surface area contributed by atoms with E-state index in [2.05, 4.69) is 15.0 Å². The van der Waals surface area contributed by atoms with E-state index in [0.29, 0.717) is 41.2 Å². The Hall–Kier alpha value is -2.34. The fraction of sp³-hybridized carbons (Fsp3) is 0.353. The Morgan fingerprint density at radius 2 is 2.17 bits per heavy atom. The highest BCUT2D eigenvalue weighted by molar-refractivity contribution is 5.77. The van der Waals surface area contributed by atoms with E-state index in [1.54, 1.807) is 11.5 Å². The zero-order valence-electron chi connectivity index (χ0n) is 13.0. The molecule has 0 saturated carbocycles. The molecule has 6 heteroatoms. The first-order valence-corrected chi connectivity index (χ1v) is 7.75. The Labute approximate surface area is 132 Å². The molecule has 0 aromatic carbocycles. The highest BCUT2D eigenvalue weighted by Crippen LogP contribution is 2.38. The second-order valence-corrected chi connectivity index (χ2v) is 6.06. The van der Waals surface area contributed by atoms with Crippen molar-refractivity contribution in [3.8, 4) is 5.82 Å². The lowest BCUT2D eigenvalue weighted by Gasteiger charge is -2.21. The van der Waals surface area contributed by atoms with Crippen LogP contribution in [0.25, 0.3) is 16.9 Å². The average molecular weight is 312 g/mol. The maximum Gasteiger partial charge on any atom is 0.152 e. The van der Waals surface area contributed by atoms with Gasteiger partial charge in [-0.3, -0.25) is 4.57 Å². The highest BCUT2D eigenvalue weighted by Gasteiger charge is 2.36. The Morgan fingerprint density at radius 1 is 1.35 bits per heavy atom. The number of halogens is 1. The van der Waals surface area contributed by atoms with Crippen LogP contribution < -0.4 is 0 Å². The zero-order chi connectivity index (χ0) is 16.2. The normalized spacial score (nSPS) is 20.2. The summed E-state index contributed by atoms with van der Waals surface area (Å²) in [4.78, 5) is 13.0. The molecule has 3 heterocycles. The molecule has 4 rings (SSSR count). The second-order valence-electron chi connectivity index (χ2n) is 6.06. The second kappa shape index (κ2) is 4.83. The van der Waals surface area contributed by atoms with Crippen molar-refractivity contribution in [3.63, 3.8) is 0 Å². The minimum Gasteiger partial charge on any atom is -0.384 e. The predicted molar refractivity (Wildman–Crippen MR) is 83.9 cm³/mol. The third-order valence-corrected chi connectivity index (χ3v) is 4.66. The molecule has 23 heavy (non-hydrogen) atoms. The average Bonchev–Trinajstić information content (AvgIpc) is 3.06. The molecular weight excluding hydrogens is 295 g/mol. The first kappa shape index (κ1) is 14.3. The highest BCUT2D eigenvalue weighted by atomic mass is 19.1. The monoisotopic (exact) mass is 312 g/mol. The Morgan fingerprint density at radius 3 is 2.96 bits per heavy atom. The van der Waals surface area contributed by atoms with Crippen molar-refractivity contribution in [2.24, 2.45) is 0 Å². The topological polar surface area (TPSA) is 63.8 Å². The molecule has 0 unspecified atom stereocenters. The van der Waals surface area contributed by atoms with Crippen molar-refractivity contribution in [2.75, 3.05) is 0 Å². The van der Waals surface area contributed by atoms with E-state index in [1.165, 1.54) is 12.4 Å². The molecule has 3 aromatic rings. The van der Waals surface area contributed by atoms with Crippen molar-refractivity contribution >= 4 is 11.0 Å².